The van der Waals surface area contributed by atoms with Crippen LogP contribution >= 0.6 is 0 Å². The van der Waals surface area contributed by atoms with Gasteiger partial charge in [0.2, 0.25) is 11.8 Å². The lowest BCUT2D eigenvalue weighted by molar-refractivity contribution is -0.124. The van der Waals surface area contributed by atoms with Gasteiger partial charge in [-0.05, 0) is 30.5 Å². The fourth-order valence-corrected chi connectivity index (χ4v) is 4.15. The molecule has 0 aliphatic carbocycles. The number of aryl methyl sites for hydroxylation is 1. The molecule has 0 saturated carbocycles. The average Bonchev–Trinajstić information content (AvgIpc) is 3.22. The summed E-state index contributed by atoms with van der Waals surface area (Å²) in [6, 6.07) is 7.67. The van der Waals surface area contributed by atoms with E-state index < -0.39 is 23.1 Å². The summed E-state index contributed by atoms with van der Waals surface area (Å²) in [5, 5.41) is 0. The molecule has 2 aromatic rings. The number of rotatable bonds is 10. The van der Waals surface area contributed by atoms with Gasteiger partial charge in [-0.2, -0.15) is 0 Å². The van der Waals surface area contributed by atoms with Crippen LogP contribution in [-0.2, 0) is 27.3 Å². The fraction of sp³-hybridized carbons (Fsp3) is 0.500. The van der Waals surface area contributed by atoms with Gasteiger partial charge in [0.1, 0.15) is 5.82 Å². The summed E-state index contributed by atoms with van der Waals surface area (Å²) < 4.78 is 6.42. The van der Waals surface area contributed by atoms with Gasteiger partial charge < -0.3 is 20.3 Å². The van der Waals surface area contributed by atoms with Crippen LogP contribution in [0.3, 0.4) is 0 Å². The SMILES string of the molecule is CCCCn1c(N)c(N(CCOC)C(=O)[C@H]2CC(=O)N(c3ccc(CC)cc3)C2)c(=O)[nH]c1=O. The molecule has 1 aromatic heterocycles. The Bertz CT molecular complexity index is 1140. The molecule has 1 atom stereocenters. The zero-order valence-corrected chi connectivity index (χ0v) is 20.0. The number of unbranched alkanes of at least 4 members (excludes halogenated alkanes) is 1. The highest BCUT2D eigenvalue weighted by atomic mass is 16.5. The number of ether oxygens (including phenoxy) is 1. The van der Waals surface area contributed by atoms with Crippen LogP contribution in [0.15, 0.2) is 33.9 Å². The summed E-state index contributed by atoms with van der Waals surface area (Å²) >= 11 is 0. The number of nitrogen functional groups attached to an aromatic ring is 1. The van der Waals surface area contributed by atoms with E-state index in [2.05, 4.69) is 11.9 Å². The first-order valence-corrected chi connectivity index (χ1v) is 11.6. The quantitative estimate of drug-likeness (QED) is 0.540. The fourth-order valence-electron chi connectivity index (χ4n) is 4.15. The van der Waals surface area contributed by atoms with Gasteiger partial charge in [-0.15, -0.1) is 0 Å². The zero-order valence-electron chi connectivity index (χ0n) is 20.0. The zero-order chi connectivity index (χ0) is 24.8. The van der Waals surface area contributed by atoms with Gasteiger partial charge in [-0.3, -0.25) is 23.9 Å². The van der Waals surface area contributed by atoms with Crippen molar-refractivity contribution in [2.45, 2.75) is 46.1 Å². The van der Waals surface area contributed by atoms with Crippen molar-refractivity contribution in [1.29, 1.82) is 0 Å². The topological polar surface area (TPSA) is 131 Å². The molecule has 0 radical (unpaired) electrons. The Kier molecular flexibility index (Phi) is 8.27. The van der Waals surface area contributed by atoms with E-state index >= 15 is 0 Å². The molecule has 0 unspecified atom stereocenters. The highest BCUT2D eigenvalue weighted by molar-refractivity contribution is 6.05. The Morgan fingerprint density at radius 3 is 2.53 bits per heavy atom. The number of nitrogens with one attached hydrogen (secondary N) is 1. The molecule has 0 spiro atoms. The summed E-state index contributed by atoms with van der Waals surface area (Å²) in [7, 11) is 1.49. The average molecular weight is 472 g/mol. The maximum absolute atomic E-state index is 13.6. The third-order valence-corrected chi connectivity index (χ3v) is 6.13. The van der Waals surface area contributed by atoms with Gasteiger partial charge in [-0.25, -0.2) is 4.79 Å². The van der Waals surface area contributed by atoms with E-state index in [1.54, 1.807) is 4.90 Å². The molecule has 1 saturated heterocycles. The van der Waals surface area contributed by atoms with Crippen molar-refractivity contribution in [2.75, 3.05) is 42.3 Å². The van der Waals surface area contributed by atoms with Crippen molar-refractivity contribution >= 4 is 29.0 Å². The van der Waals surface area contributed by atoms with E-state index in [-0.39, 0.29) is 43.5 Å². The monoisotopic (exact) mass is 471 g/mol. The summed E-state index contributed by atoms with van der Waals surface area (Å²) in [4.78, 5) is 56.5. The van der Waals surface area contributed by atoms with Gasteiger partial charge >= 0.3 is 5.69 Å². The molecule has 2 amide bonds. The number of nitrogens with two attached hydrogens (primary N) is 1. The lowest BCUT2D eigenvalue weighted by Crippen LogP contribution is -2.45. The number of H-pyrrole nitrogens is 1. The maximum atomic E-state index is 13.6. The molecule has 184 valence electrons. The smallest absolute Gasteiger partial charge is 0.330 e. The maximum Gasteiger partial charge on any atom is 0.330 e. The first kappa shape index (κ1) is 25.2. The first-order chi connectivity index (χ1) is 16.3. The molecular weight excluding hydrogens is 438 g/mol. The second-order valence-corrected chi connectivity index (χ2v) is 8.41. The number of anilines is 3. The molecule has 0 bridgehead atoms. The van der Waals surface area contributed by atoms with E-state index in [1.807, 2.05) is 31.2 Å². The molecular formula is C24H33N5O5. The number of carbonyl (C=O) groups excluding carboxylic acids is 2. The number of nitrogens with zero attached hydrogens (tertiary/aromatic N) is 3. The normalized spacial score (nSPS) is 15.7. The molecule has 10 nitrogen and oxygen atoms in total. The number of benzene rings is 1. The van der Waals surface area contributed by atoms with Crippen molar-refractivity contribution in [3.63, 3.8) is 0 Å². The molecule has 2 heterocycles. The Balaban J connectivity index is 1.93. The largest absolute Gasteiger partial charge is 0.383 e. The number of carbonyl (C=O) groups is 2. The Morgan fingerprint density at radius 2 is 1.91 bits per heavy atom. The molecule has 1 aromatic carbocycles. The highest BCUT2D eigenvalue weighted by Gasteiger charge is 2.39. The van der Waals surface area contributed by atoms with E-state index in [4.69, 9.17) is 10.5 Å². The van der Waals surface area contributed by atoms with Crippen LogP contribution in [0.4, 0.5) is 17.2 Å². The summed E-state index contributed by atoms with van der Waals surface area (Å²) in [6.07, 6.45) is 2.42. The van der Waals surface area contributed by atoms with Crippen molar-refractivity contribution in [3.05, 3.63) is 50.7 Å². The summed E-state index contributed by atoms with van der Waals surface area (Å²) in [5.74, 6) is -1.30. The van der Waals surface area contributed by atoms with Crippen LogP contribution in [0.2, 0.25) is 0 Å². The van der Waals surface area contributed by atoms with Gasteiger partial charge in [0.25, 0.3) is 5.56 Å². The molecule has 1 aliphatic heterocycles. The molecule has 1 aliphatic rings. The van der Waals surface area contributed by atoms with E-state index in [0.29, 0.717) is 13.0 Å². The summed E-state index contributed by atoms with van der Waals surface area (Å²) in [5.41, 5.74) is 6.68. The van der Waals surface area contributed by atoms with E-state index in [1.165, 1.54) is 16.6 Å². The van der Waals surface area contributed by atoms with Crippen LogP contribution in [0, 0.1) is 5.92 Å². The van der Waals surface area contributed by atoms with Gasteiger partial charge in [0.15, 0.2) is 5.69 Å². The second kappa shape index (κ2) is 11.1. The molecule has 1 fully saturated rings. The number of hydrogen-bond donors (Lipinski definition) is 2. The predicted octanol–water partition coefficient (Wildman–Crippen LogP) is 1.51. The second-order valence-electron chi connectivity index (χ2n) is 8.41. The summed E-state index contributed by atoms with van der Waals surface area (Å²) in [6.45, 7) is 4.76. The number of amides is 2. The minimum Gasteiger partial charge on any atom is -0.383 e. The number of aromatic amines is 1. The first-order valence-electron chi connectivity index (χ1n) is 11.6. The predicted molar refractivity (Wildman–Crippen MR) is 131 cm³/mol. The Labute approximate surface area is 198 Å². The number of hydrogen-bond acceptors (Lipinski definition) is 6. The van der Waals surface area contributed by atoms with Crippen molar-refractivity contribution in [2.24, 2.45) is 5.92 Å². The highest BCUT2D eigenvalue weighted by Crippen LogP contribution is 2.28. The van der Waals surface area contributed by atoms with Crippen LogP contribution in [-0.4, -0.2) is 48.2 Å². The van der Waals surface area contributed by atoms with Crippen molar-refractivity contribution < 1.29 is 14.3 Å². The molecule has 10 heteroatoms. The minimum absolute atomic E-state index is 0.0190. The van der Waals surface area contributed by atoms with Crippen molar-refractivity contribution in [3.8, 4) is 0 Å². The number of aromatic nitrogens is 2. The Morgan fingerprint density at radius 1 is 1.21 bits per heavy atom. The molecule has 3 N–H and O–H groups in total. The third-order valence-electron chi connectivity index (χ3n) is 6.13. The van der Waals surface area contributed by atoms with Crippen LogP contribution in [0.25, 0.3) is 0 Å². The van der Waals surface area contributed by atoms with Crippen LogP contribution < -0.4 is 26.8 Å². The van der Waals surface area contributed by atoms with Crippen molar-refractivity contribution in [1.82, 2.24) is 9.55 Å². The Hall–Kier alpha value is -3.40. The lowest BCUT2D eigenvalue weighted by atomic mass is 10.1. The van der Waals surface area contributed by atoms with Gasteiger partial charge in [-0.1, -0.05) is 32.4 Å². The van der Waals surface area contributed by atoms with E-state index in [9.17, 15) is 19.2 Å². The molecule has 34 heavy (non-hydrogen) atoms. The van der Waals surface area contributed by atoms with E-state index in [0.717, 1.165) is 24.1 Å². The third kappa shape index (κ3) is 5.22. The molecule has 3 rings (SSSR count). The van der Waals surface area contributed by atoms with Crippen LogP contribution in [0.1, 0.15) is 38.7 Å². The minimum atomic E-state index is -0.740. The standard InChI is InChI=1S/C24H33N5O5/c1-4-6-11-28-21(25)20(22(31)26-24(28)33)27(12-13-34-3)23(32)17-14-19(30)29(15-17)18-9-7-16(5-2)8-10-18/h7-10,17H,4-6,11-15,25H2,1-3H3,(H,26,31,33)/t17-/m0/s1. The number of methoxy groups -OCH3 is 1. The van der Waals surface area contributed by atoms with Crippen LogP contribution in [0.5, 0.6) is 0 Å². The van der Waals surface area contributed by atoms with Gasteiger partial charge in [0.05, 0.1) is 12.5 Å². The lowest BCUT2D eigenvalue weighted by Gasteiger charge is -2.26. The van der Waals surface area contributed by atoms with Gasteiger partial charge in [0, 0.05) is 38.9 Å².